The largest absolute Gasteiger partial charge is 1.00 e. The molecule has 0 heterocycles. The van der Waals surface area contributed by atoms with Gasteiger partial charge in [-0.15, -0.1) is 0 Å². The second-order valence-corrected chi connectivity index (χ2v) is 4.10. The molecule has 1 aliphatic carbocycles. The molecule has 88 valence electrons. The summed E-state index contributed by atoms with van der Waals surface area (Å²) in [7, 11) is 0. The van der Waals surface area contributed by atoms with E-state index >= 15 is 0 Å². The minimum absolute atomic E-state index is 0. The maximum atomic E-state index is 12.3. The number of halogens is 5. The average molecular weight is 274 g/mol. The van der Waals surface area contributed by atoms with E-state index in [2.05, 4.69) is 0 Å². The van der Waals surface area contributed by atoms with Crippen LogP contribution in [0.4, 0.5) is 21.7 Å². The average Bonchev–Trinajstić information content (AvgIpc) is 2.96. The van der Waals surface area contributed by atoms with E-state index in [9.17, 15) is 21.7 Å². The quantitative estimate of drug-likeness (QED) is 0.576. The Morgan fingerprint density at radius 3 is 1.94 bits per heavy atom. The zero-order chi connectivity index (χ0) is 11.9. The predicted octanol–water partition coefficient (Wildman–Crippen LogP) is 1.33. The van der Waals surface area contributed by atoms with Crippen LogP contribution in [0.3, 0.4) is 0 Å². The van der Waals surface area contributed by atoms with E-state index in [4.69, 9.17) is 0 Å². The molecule has 2 atom stereocenters. The Labute approximate surface area is 138 Å². The number of alkyl halides is 2. The minimum atomic E-state index is -4.79. The van der Waals surface area contributed by atoms with Crippen LogP contribution in [-0.2, 0) is 0 Å². The summed E-state index contributed by atoms with van der Waals surface area (Å²) in [5.74, 6) is -1.76. The topological polar surface area (TPSA) is 0 Å². The second kappa shape index (κ2) is 5.69. The van der Waals surface area contributed by atoms with Gasteiger partial charge >= 0.3 is 58.4 Å². The zero-order valence-corrected chi connectivity index (χ0v) is 12.3. The van der Waals surface area contributed by atoms with Crippen molar-refractivity contribution >= 4 is 6.98 Å². The number of benzene rings is 1. The monoisotopic (exact) mass is 274 g/mol. The van der Waals surface area contributed by atoms with Crippen LogP contribution < -0.4 is 51.4 Å². The van der Waals surface area contributed by atoms with Crippen LogP contribution in [0.15, 0.2) is 24.3 Å². The second-order valence-electron chi connectivity index (χ2n) is 4.10. The van der Waals surface area contributed by atoms with Gasteiger partial charge in [0.15, 0.2) is 0 Å². The summed E-state index contributed by atoms with van der Waals surface area (Å²) < 4.78 is 61.4. The van der Waals surface area contributed by atoms with Gasteiger partial charge in [-0.1, -0.05) is 36.5 Å². The van der Waals surface area contributed by atoms with Crippen LogP contribution in [0.2, 0.25) is 5.82 Å². The zero-order valence-electron chi connectivity index (χ0n) is 9.22. The fraction of sp³-hybridized carbons (Fsp3) is 0.400. The van der Waals surface area contributed by atoms with Crippen molar-refractivity contribution in [3.05, 3.63) is 35.4 Å². The van der Waals surface area contributed by atoms with Crippen LogP contribution in [-0.4, -0.2) is 6.98 Å². The van der Waals surface area contributed by atoms with Gasteiger partial charge in [0.25, 0.3) is 6.43 Å². The minimum Gasteiger partial charge on any atom is -0.449 e. The van der Waals surface area contributed by atoms with Crippen molar-refractivity contribution in [3.63, 3.8) is 0 Å². The predicted molar refractivity (Wildman–Crippen MR) is 51.6 cm³/mol. The molecular formula is C10H9BF5K. The van der Waals surface area contributed by atoms with E-state index in [1.807, 2.05) is 0 Å². The molecule has 1 saturated carbocycles. The van der Waals surface area contributed by atoms with Gasteiger partial charge in [-0.3, -0.25) is 0 Å². The number of hydrogen-bond acceptors (Lipinski definition) is 0. The van der Waals surface area contributed by atoms with Crippen LogP contribution in [0.5, 0.6) is 0 Å². The van der Waals surface area contributed by atoms with Gasteiger partial charge in [-0.2, -0.15) is 0 Å². The molecule has 1 unspecified atom stereocenters. The summed E-state index contributed by atoms with van der Waals surface area (Å²) in [6, 6.07) is 5.12. The first kappa shape index (κ1) is 15.6. The van der Waals surface area contributed by atoms with E-state index in [0.717, 1.165) is 0 Å². The summed E-state index contributed by atoms with van der Waals surface area (Å²) in [5.41, 5.74) is 0.354. The molecule has 0 spiro atoms. The third-order valence-electron chi connectivity index (χ3n) is 2.94. The Hall–Kier alpha value is 0.571. The summed E-state index contributed by atoms with van der Waals surface area (Å²) in [6.45, 7) is -4.79. The Bertz CT molecular complexity index is 375. The Morgan fingerprint density at radius 2 is 1.59 bits per heavy atom. The van der Waals surface area contributed by atoms with Crippen molar-refractivity contribution in [1.29, 1.82) is 0 Å². The third kappa shape index (κ3) is 3.76. The van der Waals surface area contributed by atoms with E-state index in [0.29, 0.717) is 5.56 Å². The van der Waals surface area contributed by atoms with E-state index in [1.54, 1.807) is 0 Å². The molecule has 0 N–H and O–H groups in total. The van der Waals surface area contributed by atoms with Crippen molar-refractivity contribution < 1.29 is 73.1 Å². The molecule has 2 rings (SSSR count). The molecule has 0 aromatic heterocycles. The van der Waals surface area contributed by atoms with Crippen LogP contribution in [0.1, 0.15) is 29.9 Å². The van der Waals surface area contributed by atoms with Crippen molar-refractivity contribution in [2.24, 2.45) is 0 Å². The summed E-state index contributed by atoms with van der Waals surface area (Å²) in [4.78, 5) is 0. The molecule has 0 amide bonds. The summed E-state index contributed by atoms with van der Waals surface area (Å²) in [6.07, 6.45) is -2.48. The molecule has 1 aliphatic rings. The summed E-state index contributed by atoms with van der Waals surface area (Å²) in [5, 5.41) is 0. The summed E-state index contributed by atoms with van der Waals surface area (Å²) >= 11 is 0. The Balaban J connectivity index is 0.00000144. The van der Waals surface area contributed by atoms with Crippen LogP contribution in [0, 0.1) is 0 Å². The van der Waals surface area contributed by atoms with Gasteiger partial charge in [0.1, 0.15) is 0 Å². The fourth-order valence-corrected chi connectivity index (χ4v) is 1.90. The number of hydrogen-bond donors (Lipinski definition) is 0. The molecule has 0 nitrogen and oxygen atoms in total. The Kier molecular flexibility index (Phi) is 5.23. The Morgan fingerprint density at radius 1 is 1.06 bits per heavy atom. The van der Waals surface area contributed by atoms with Gasteiger partial charge in [-0.25, -0.2) is 8.78 Å². The van der Waals surface area contributed by atoms with E-state index in [-0.39, 0.29) is 63.4 Å². The first-order valence-corrected chi connectivity index (χ1v) is 4.97. The maximum Gasteiger partial charge on any atom is 1.00 e. The van der Waals surface area contributed by atoms with Crippen LogP contribution >= 0.6 is 0 Å². The van der Waals surface area contributed by atoms with Gasteiger partial charge in [0, 0.05) is 5.56 Å². The molecule has 1 fully saturated rings. The first-order chi connectivity index (χ1) is 7.39. The third-order valence-corrected chi connectivity index (χ3v) is 2.94. The molecule has 17 heavy (non-hydrogen) atoms. The smallest absolute Gasteiger partial charge is 0.449 e. The standard InChI is InChI=1S/C10H9BF5.K/c12-10(13)7-3-1-6(2-4-7)8-5-9(8)11(14,15)16;/h1-4,8-10H,5H2;/q-1;+1/t8-,9?;/m1./s1. The molecular weight excluding hydrogens is 265 g/mol. The maximum absolute atomic E-state index is 12.3. The van der Waals surface area contributed by atoms with Gasteiger partial charge in [0.2, 0.25) is 0 Å². The molecule has 1 aromatic rings. The van der Waals surface area contributed by atoms with Crippen molar-refractivity contribution in [2.45, 2.75) is 24.6 Å². The molecule has 1 aromatic carbocycles. The molecule has 0 bridgehead atoms. The molecule has 0 radical (unpaired) electrons. The fourth-order valence-electron chi connectivity index (χ4n) is 1.90. The van der Waals surface area contributed by atoms with Crippen molar-refractivity contribution in [2.75, 3.05) is 0 Å². The van der Waals surface area contributed by atoms with Crippen molar-refractivity contribution in [1.82, 2.24) is 0 Å². The van der Waals surface area contributed by atoms with Crippen molar-refractivity contribution in [3.8, 4) is 0 Å². The van der Waals surface area contributed by atoms with E-state index < -0.39 is 25.1 Å². The van der Waals surface area contributed by atoms with Gasteiger partial charge in [-0.05, 0) is 11.5 Å². The number of rotatable bonds is 3. The normalized spacial score (nSPS) is 23.4. The first-order valence-electron chi connectivity index (χ1n) is 4.97. The van der Waals surface area contributed by atoms with Gasteiger partial charge < -0.3 is 12.9 Å². The molecule has 0 aliphatic heterocycles. The molecule has 0 saturated heterocycles. The molecule has 7 heteroatoms. The van der Waals surface area contributed by atoms with Crippen LogP contribution in [0.25, 0.3) is 0 Å². The SMILES string of the molecule is FC(F)c1ccc([C@H]2CC2[B-](F)(F)F)cc1.[K+]. The van der Waals surface area contributed by atoms with Gasteiger partial charge in [0.05, 0.1) is 0 Å². The van der Waals surface area contributed by atoms with E-state index in [1.165, 1.54) is 24.3 Å².